The van der Waals surface area contributed by atoms with E-state index in [1.807, 2.05) is 34.6 Å². The molecule has 1 heterocycles. The summed E-state index contributed by atoms with van der Waals surface area (Å²) >= 11 is 0. The van der Waals surface area contributed by atoms with E-state index in [1.54, 1.807) is 0 Å². The van der Waals surface area contributed by atoms with Crippen molar-refractivity contribution < 1.29 is 4.92 Å². The largest absolute Gasteiger partial charge is 0.378 e. The molecule has 0 saturated carbocycles. The fourth-order valence-corrected chi connectivity index (χ4v) is 1.53. The number of rotatable bonds is 2. The van der Waals surface area contributed by atoms with Gasteiger partial charge in [0.15, 0.2) is 0 Å². The zero-order chi connectivity index (χ0) is 12.7. The molecule has 0 fully saturated rings. The van der Waals surface area contributed by atoms with Crippen LogP contribution in [0.4, 0.5) is 11.5 Å². The summed E-state index contributed by atoms with van der Waals surface area (Å²) in [7, 11) is 0. The highest BCUT2D eigenvalue weighted by atomic mass is 16.6. The van der Waals surface area contributed by atoms with Crippen LogP contribution in [-0.4, -0.2) is 14.7 Å². The number of aromatic nitrogens is 2. The van der Waals surface area contributed by atoms with Crippen LogP contribution in [-0.2, 0) is 5.54 Å². The van der Waals surface area contributed by atoms with Gasteiger partial charge in [-0.05, 0) is 20.8 Å². The van der Waals surface area contributed by atoms with E-state index >= 15 is 0 Å². The summed E-state index contributed by atoms with van der Waals surface area (Å²) in [6, 6.07) is 0. The van der Waals surface area contributed by atoms with Crippen LogP contribution in [0.2, 0.25) is 0 Å². The third-order valence-electron chi connectivity index (χ3n) is 2.29. The topological polar surface area (TPSA) is 87.0 Å². The Morgan fingerprint density at radius 1 is 1.44 bits per heavy atom. The Bertz CT molecular complexity index is 415. The van der Waals surface area contributed by atoms with Crippen LogP contribution in [0, 0.1) is 10.1 Å². The molecule has 2 N–H and O–H groups in total. The molecule has 6 heteroatoms. The maximum absolute atomic E-state index is 11.0. The van der Waals surface area contributed by atoms with Crippen molar-refractivity contribution in [3.05, 3.63) is 15.8 Å². The molecule has 0 bridgehead atoms. The number of nitrogens with zero attached hydrogens (tertiary/aromatic N) is 3. The molecule has 0 aliphatic rings. The maximum atomic E-state index is 11.0. The zero-order valence-corrected chi connectivity index (χ0v) is 10.3. The molecule has 1 aromatic heterocycles. The standard InChI is InChI=1S/C10H18N4O2/c1-6(2)7-8(14(15)16)9(11)13(12-7)10(3,4)5/h6H,11H2,1-5H3. The summed E-state index contributed by atoms with van der Waals surface area (Å²) in [6.07, 6.45) is 0. The normalized spacial score (nSPS) is 12.1. The van der Waals surface area contributed by atoms with Crippen LogP contribution in [0.1, 0.15) is 46.2 Å². The summed E-state index contributed by atoms with van der Waals surface area (Å²) in [5.41, 5.74) is 5.81. The van der Waals surface area contributed by atoms with Gasteiger partial charge in [-0.3, -0.25) is 10.1 Å². The van der Waals surface area contributed by atoms with Crippen molar-refractivity contribution in [2.45, 2.75) is 46.1 Å². The van der Waals surface area contributed by atoms with E-state index in [4.69, 9.17) is 5.73 Å². The lowest BCUT2D eigenvalue weighted by atomic mass is 10.1. The lowest BCUT2D eigenvalue weighted by Crippen LogP contribution is -2.25. The first-order valence-corrected chi connectivity index (χ1v) is 5.19. The van der Waals surface area contributed by atoms with Crippen molar-refractivity contribution in [3.8, 4) is 0 Å². The SMILES string of the molecule is CC(C)c1nn(C(C)(C)C)c(N)c1[N+](=O)[O-]. The van der Waals surface area contributed by atoms with Crippen LogP contribution in [0.5, 0.6) is 0 Å². The molecule has 0 atom stereocenters. The Morgan fingerprint density at radius 3 is 2.19 bits per heavy atom. The highest BCUT2D eigenvalue weighted by Crippen LogP contribution is 2.34. The highest BCUT2D eigenvalue weighted by molar-refractivity contribution is 5.57. The van der Waals surface area contributed by atoms with E-state index in [2.05, 4.69) is 5.10 Å². The van der Waals surface area contributed by atoms with Crippen LogP contribution >= 0.6 is 0 Å². The molecule has 0 aliphatic heterocycles. The van der Waals surface area contributed by atoms with Gasteiger partial charge in [0.05, 0.1) is 10.5 Å². The highest BCUT2D eigenvalue weighted by Gasteiger charge is 2.31. The molecular weight excluding hydrogens is 208 g/mol. The van der Waals surface area contributed by atoms with E-state index in [9.17, 15) is 10.1 Å². The van der Waals surface area contributed by atoms with Gasteiger partial charge in [-0.15, -0.1) is 0 Å². The molecular formula is C10H18N4O2. The fourth-order valence-electron chi connectivity index (χ4n) is 1.53. The van der Waals surface area contributed by atoms with Crippen LogP contribution in [0.15, 0.2) is 0 Å². The Balaban J connectivity index is 3.48. The van der Waals surface area contributed by atoms with Crippen molar-refractivity contribution in [2.24, 2.45) is 0 Å². The first kappa shape index (κ1) is 12.5. The number of nitro groups is 1. The van der Waals surface area contributed by atoms with Crippen LogP contribution in [0.3, 0.4) is 0 Å². The monoisotopic (exact) mass is 226 g/mol. The van der Waals surface area contributed by atoms with E-state index in [-0.39, 0.29) is 23.0 Å². The molecule has 1 aromatic rings. The Labute approximate surface area is 94.6 Å². The summed E-state index contributed by atoms with van der Waals surface area (Å²) in [6.45, 7) is 9.45. The van der Waals surface area contributed by atoms with Gasteiger partial charge in [-0.2, -0.15) is 5.10 Å². The minimum absolute atomic E-state index is 0.0219. The van der Waals surface area contributed by atoms with Gasteiger partial charge in [-0.25, -0.2) is 4.68 Å². The minimum atomic E-state index is -0.458. The van der Waals surface area contributed by atoms with Crippen molar-refractivity contribution in [3.63, 3.8) is 0 Å². The average Bonchev–Trinajstić information content (AvgIpc) is 2.41. The van der Waals surface area contributed by atoms with Crippen LogP contribution in [0.25, 0.3) is 0 Å². The number of nitrogens with two attached hydrogens (primary N) is 1. The Kier molecular flexibility index (Phi) is 2.94. The summed E-state index contributed by atoms with van der Waals surface area (Å²) in [5, 5.41) is 15.2. The van der Waals surface area contributed by atoms with Crippen molar-refractivity contribution >= 4 is 11.5 Å². The second-order valence-corrected chi connectivity index (χ2v) is 5.11. The second kappa shape index (κ2) is 3.77. The lowest BCUT2D eigenvalue weighted by Gasteiger charge is -2.19. The first-order chi connectivity index (χ1) is 7.16. The van der Waals surface area contributed by atoms with E-state index in [1.165, 1.54) is 4.68 Å². The predicted molar refractivity (Wildman–Crippen MR) is 62.4 cm³/mol. The Hall–Kier alpha value is -1.59. The number of nitrogen functional groups attached to an aromatic ring is 1. The molecule has 0 aliphatic carbocycles. The van der Waals surface area contributed by atoms with Gasteiger partial charge < -0.3 is 5.73 Å². The fraction of sp³-hybridized carbons (Fsp3) is 0.700. The Morgan fingerprint density at radius 2 is 1.94 bits per heavy atom. The third kappa shape index (κ3) is 2.00. The number of hydrogen-bond donors (Lipinski definition) is 1. The van der Waals surface area contributed by atoms with Gasteiger partial charge in [0.25, 0.3) is 0 Å². The number of anilines is 1. The van der Waals surface area contributed by atoms with E-state index in [0.717, 1.165) is 0 Å². The van der Waals surface area contributed by atoms with Gasteiger partial charge in [-0.1, -0.05) is 13.8 Å². The van der Waals surface area contributed by atoms with Crippen LogP contribution < -0.4 is 5.73 Å². The number of hydrogen-bond acceptors (Lipinski definition) is 4. The molecule has 16 heavy (non-hydrogen) atoms. The minimum Gasteiger partial charge on any atom is -0.378 e. The molecule has 6 nitrogen and oxygen atoms in total. The molecule has 1 rings (SSSR count). The predicted octanol–water partition coefficient (Wildman–Crippen LogP) is 2.25. The smallest absolute Gasteiger partial charge is 0.334 e. The van der Waals surface area contributed by atoms with Crippen molar-refractivity contribution in [1.29, 1.82) is 0 Å². The molecule has 0 aromatic carbocycles. The molecule has 0 amide bonds. The van der Waals surface area contributed by atoms with Crippen molar-refractivity contribution in [2.75, 3.05) is 5.73 Å². The van der Waals surface area contributed by atoms with Crippen molar-refractivity contribution in [1.82, 2.24) is 9.78 Å². The van der Waals surface area contributed by atoms with Gasteiger partial charge >= 0.3 is 5.69 Å². The molecule has 0 saturated heterocycles. The molecule has 90 valence electrons. The molecule has 0 spiro atoms. The zero-order valence-electron chi connectivity index (χ0n) is 10.3. The van der Waals surface area contributed by atoms with Gasteiger partial charge in [0, 0.05) is 5.92 Å². The van der Waals surface area contributed by atoms with Gasteiger partial charge in [0.2, 0.25) is 5.82 Å². The first-order valence-electron chi connectivity index (χ1n) is 5.19. The van der Waals surface area contributed by atoms with E-state index in [0.29, 0.717) is 5.69 Å². The second-order valence-electron chi connectivity index (χ2n) is 5.11. The maximum Gasteiger partial charge on any atom is 0.334 e. The third-order valence-corrected chi connectivity index (χ3v) is 2.29. The average molecular weight is 226 g/mol. The lowest BCUT2D eigenvalue weighted by molar-refractivity contribution is -0.384. The quantitative estimate of drug-likeness (QED) is 0.618. The van der Waals surface area contributed by atoms with Gasteiger partial charge in [0.1, 0.15) is 5.69 Å². The molecule has 0 unspecified atom stereocenters. The summed E-state index contributed by atoms with van der Waals surface area (Å²) in [5.74, 6) is 0.104. The van der Waals surface area contributed by atoms with E-state index < -0.39 is 4.92 Å². The molecule has 0 radical (unpaired) electrons. The summed E-state index contributed by atoms with van der Waals surface area (Å²) < 4.78 is 1.51. The summed E-state index contributed by atoms with van der Waals surface area (Å²) in [4.78, 5) is 10.5.